The van der Waals surface area contributed by atoms with Gasteiger partial charge in [0.1, 0.15) is 18.2 Å². The van der Waals surface area contributed by atoms with Crippen LogP contribution in [0.5, 0.6) is 17.5 Å². The number of nitrogens with one attached hydrogen (secondary N) is 1. The molecule has 2 aliphatic heterocycles. The van der Waals surface area contributed by atoms with Crippen molar-refractivity contribution in [3.8, 4) is 17.5 Å². The number of aromatic nitrogens is 2. The molecule has 0 unspecified atom stereocenters. The van der Waals surface area contributed by atoms with Gasteiger partial charge < -0.3 is 19.1 Å². The van der Waals surface area contributed by atoms with Gasteiger partial charge in [0.25, 0.3) is 11.1 Å². The van der Waals surface area contributed by atoms with Gasteiger partial charge in [0, 0.05) is 25.9 Å². The molecule has 2 saturated heterocycles. The first kappa shape index (κ1) is 24.5. The first-order valence-electron chi connectivity index (χ1n) is 11.2. The number of likely N-dealkylation sites (tertiary alicyclic amines) is 1. The molecule has 3 amide bonds. The number of imide groups is 1. The number of carbonyl (C=O) groups excluding carboxylic acids is 3. The van der Waals surface area contributed by atoms with E-state index in [1.165, 1.54) is 6.33 Å². The van der Waals surface area contributed by atoms with E-state index >= 15 is 0 Å². The molecule has 2 fully saturated rings. The maximum Gasteiger partial charge on any atom is 0.410 e. The molecular formula is C24H26N4O6S. The highest BCUT2D eigenvalue weighted by Crippen LogP contribution is 2.30. The zero-order chi connectivity index (χ0) is 24.9. The summed E-state index contributed by atoms with van der Waals surface area (Å²) >= 11 is 0.870. The first-order valence-corrected chi connectivity index (χ1v) is 12.1. The maximum atomic E-state index is 12.1. The lowest BCUT2D eigenvalue weighted by Gasteiger charge is -2.31. The van der Waals surface area contributed by atoms with Crippen LogP contribution in [0, 0.1) is 6.92 Å². The minimum absolute atomic E-state index is 0.0793. The molecule has 2 aliphatic rings. The minimum atomic E-state index is -0.398. The van der Waals surface area contributed by atoms with Gasteiger partial charge in [-0.2, -0.15) is 0 Å². The number of amides is 3. The van der Waals surface area contributed by atoms with Crippen LogP contribution in [0.15, 0.2) is 35.5 Å². The van der Waals surface area contributed by atoms with Crippen molar-refractivity contribution in [2.75, 3.05) is 13.1 Å². The van der Waals surface area contributed by atoms with E-state index < -0.39 is 5.91 Å². The average molecular weight is 499 g/mol. The number of rotatable bonds is 6. The summed E-state index contributed by atoms with van der Waals surface area (Å²) in [7, 11) is 0. The summed E-state index contributed by atoms with van der Waals surface area (Å²) < 4.78 is 17.3. The van der Waals surface area contributed by atoms with Gasteiger partial charge in [-0.1, -0.05) is 12.1 Å². The van der Waals surface area contributed by atoms with Crippen molar-refractivity contribution >= 4 is 35.1 Å². The number of nitrogens with zero attached hydrogens (tertiary/aromatic N) is 3. The van der Waals surface area contributed by atoms with Crippen molar-refractivity contribution in [2.24, 2.45) is 0 Å². The fourth-order valence-electron chi connectivity index (χ4n) is 3.55. The highest BCUT2D eigenvalue weighted by atomic mass is 32.2. The summed E-state index contributed by atoms with van der Waals surface area (Å²) in [5.74, 6) is 0.964. The summed E-state index contributed by atoms with van der Waals surface area (Å²) in [6, 6.07) is 7.06. The average Bonchev–Trinajstić information content (AvgIpc) is 3.14. The number of piperidine rings is 1. The van der Waals surface area contributed by atoms with E-state index in [-0.39, 0.29) is 23.5 Å². The second-order valence-electron chi connectivity index (χ2n) is 8.37. The van der Waals surface area contributed by atoms with E-state index in [4.69, 9.17) is 14.2 Å². The van der Waals surface area contributed by atoms with Crippen LogP contribution in [0.2, 0.25) is 0 Å². The number of carbonyl (C=O) groups is 3. The maximum absolute atomic E-state index is 12.1. The number of ether oxygens (including phenoxy) is 3. The standard InChI is InChI=1S/C24H26N4O6S/c1-14(2)32-24(31)28-10-8-18(9-11-28)34-22-15(3)21(25-13-26-22)33-17-6-4-16(5-7-17)12-19-20(29)27-23(30)35-19/h4-7,12-14,18H,8-11H2,1-3H3,(H,27,29,30)/b19-12-. The van der Waals surface area contributed by atoms with Crippen LogP contribution in [0.3, 0.4) is 0 Å². The molecule has 4 rings (SSSR count). The van der Waals surface area contributed by atoms with E-state index in [0.29, 0.717) is 53.9 Å². The van der Waals surface area contributed by atoms with Crippen molar-refractivity contribution < 1.29 is 28.6 Å². The Hall–Kier alpha value is -3.60. The zero-order valence-electron chi connectivity index (χ0n) is 19.6. The van der Waals surface area contributed by atoms with Crippen LogP contribution in [0.25, 0.3) is 6.08 Å². The van der Waals surface area contributed by atoms with Gasteiger partial charge in [0.05, 0.1) is 16.6 Å². The van der Waals surface area contributed by atoms with Gasteiger partial charge in [-0.15, -0.1) is 0 Å². The molecule has 1 aromatic carbocycles. The van der Waals surface area contributed by atoms with Crippen molar-refractivity contribution in [3.63, 3.8) is 0 Å². The summed E-state index contributed by atoms with van der Waals surface area (Å²) in [4.78, 5) is 45.6. The Kier molecular flexibility index (Phi) is 7.54. The predicted octanol–water partition coefficient (Wildman–Crippen LogP) is 4.29. The molecular weight excluding hydrogens is 472 g/mol. The third-order valence-corrected chi connectivity index (χ3v) is 6.15. The second-order valence-corrected chi connectivity index (χ2v) is 9.38. The summed E-state index contributed by atoms with van der Waals surface area (Å²) in [6.45, 7) is 6.60. The van der Waals surface area contributed by atoms with Crippen LogP contribution in [0.1, 0.15) is 37.8 Å². The smallest absolute Gasteiger partial charge is 0.410 e. The molecule has 0 atom stereocenters. The molecule has 10 nitrogen and oxygen atoms in total. The topological polar surface area (TPSA) is 120 Å². The van der Waals surface area contributed by atoms with Crippen molar-refractivity contribution in [3.05, 3.63) is 46.6 Å². The lowest BCUT2D eigenvalue weighted by molar-refractivity contribution is -0.115. The molecule has 35 heavy (non-hydrogen) atoms. The normalized spacial score (nSPS) is 17.6. The van der Waals surface area contributed by atoms with Crippen LogP contribution in [-0.2, 0) is 9.53 Å². The molecule has 184 valence electrons. The third-order valence-electron chi connectivity index (χ3n) is 5.34. The van der Waals surface area contributed by atoms with Gasteiger partial charge in [0.2, 0.25) is 11.8 Å². The third kappa shape index (κ3) is 6.30. The lowest BCUT2D eigenvalue weighted by Crippen LogP contribution is -2.42. The monoisotopic (exact) mass is 498 g/mol. The van der Waals surface area contributed by atoms with Crippen LogP contribution >= 0.6 is 11.8 Å². The predicted molar refractivity (Wildman–Crippen MR) is 129 cm³/mol. The molecule has 0 saturated carbocycles. The Bertz CT molecular complexity index is 1140. The molecule has 0 aliphatic carbocycles. The fourth-order valence-corrected chi connectivity index (χ4v) is 4.23. The number of hydrogen-bond donors (Lipinski definition) is 1. The van der Waals surface area contributed by atoms with Crippen LogP contribution in [0.4, 0.5) is 9.59 Å². The Morgan fingerprint density at radius 2 is 1.83 bits per heavy atom. The fraction of sp³-hybridized carbons (Fsp3) is 0.375. The second kappa shape index (κ2) is 10.8. The van der Waals surface area contributed by atoms with E-state index in [1.54, 1.807) is 35.2 Å². The molecule has 1 N–H and O–H groups in total. The van der Waals surface area contributed by atoms with Crippen molar-refractivity contribution in [1.82, 2.24) is 20.2 Å². The SMILES string of the molecule is Cc1c(Oc2ccc(/C=C3\SC(=O)NC3=O)cc2)ncnc1OC1CCN(C(=O)OC(C)C)CC1. The van der Waals surface area contributed by atoms with E-state index in [0.717, 1.165) is 17.3 Å². The number of thioether (sulfide) groups is 1. The van der Waals surface area contributed by atoms with Gasteiger partial charge in [-0.3, -0.25) is 14.9 Å². The Morgan fingerprint density at radius 1 is 1.14 bits per heavy atom. The van der Waals surface area contributed by atoms with Crippen LogP contribution in [-0.4, -0.2) is 57.4 Å². The van der Waals surface area contributed by atoms with Crippen molar-refractivity contribution in [1.29, 1.82) is 0 Å². The van der Waals surface area contributed by atoms with Gasteiger partial charge in [-0.05, 0) is 56.3 Å². The van der Waals surface area contributed by atoms with Gasteiger partial charge in [-0.25, -0.2) is 14.8 Å². The van der Waals surface area contributed by atoms with Crippen molar-refractivity contribution in [2.45, 2.75) is 45.8 Å². The molecule has 0 bridgehead atoms. The Balaban J connectivity index is 1.36. The zero-order valence-corrected chi connectivity index (χ0v) is 20.5. The van der Waals surface area contributed by atoms with Gasteiger partial charge >= 0.3 is 6.09 Å². The lowest BCUT2D eigenvalue weighted by atomic mass is 10.1. The van der Waals surface area contributed by atoms with Gasteiger partial charge in [0.15, 0.2) is 0 Å². The molecule has 3 heterocycles. The highest BCUT2D eigenvalue weighted by Gasteiger charge is 2.27. The molecule has 0 radical (unpaired) electrons. The quantitative estimate of drug-likeness (QED) is 0.582. The summed E-state index contributed by atoms with van der Waals surface area (Å²) in [5.41, 5.74) is 1.43. The van der Waals surface area contributed by atoms with E-state index in [2.05, 4.69) is 15.3 Å². The molecule has 1 aromatic heterocycles. The van der Waals surface area contributed by atoms with E-state index in [9.17, 15) is 14.4 Å². The summed E-state index contributed by atoms with van der Waals surface area (Å²) in [5, 5.41) is 1.85. The summed E-state index contributed by atoms with van der Waals surface area (Å²) in [6.07, 6.45) is 3.85. The van der Waals surface area contributed by atoms with Crippen LogP contribution < -0.4 is 14.8 Å². The van der Waals surface area contributed by atoms with E-state index in [1.807, 2.05) is 20.8 Å². The minimum Gasteiger partial charge on any atom is -0.474 e. The number of benzene rings is 1. The Labute approximate surface area is 207 Å². The Morgan fingerprint density at radius 3 is 2.46 bits per heavy atom. The highest BCUT2D eigenvalue weighted by molar-refractivity contribution is 8.18. The first-order chi connectivity index (χ1) is 16.8. The largest absolute Gasteiger partial charge is 0.474 e. The molecule has 0 spiro atoms. The number of hydrogen-bond acceptors (Lipinski definition) is 9. The molecule has 11 heteroatoms. The molecule has 2 aromatic rings.